The van der Waals surface area contributed by atoms with Crippen LogP contribution in [0, 0.1) is 0 Å². The van der Waals surface area contributed by atoms with Gasteiger partial charge in [0.05, 0.1) is 0 Å². The fraction of sp³-hybridized carbons (Fsp3) is 0.200. The third-order valence-corrected chi connectivity index (χ3v) is 7.58. The van der Waals surface area contributed by atoms with Crippen molar-refractivity contribution >= 4 is 23.0 Å². The molecule has 206 valence electrons. The lowest BCUT2D eigenvalue weighted by atomic mass is 10.00. The van der Waals surface area contributed by atoms with Crippen LogP contribution < -0.4 is 15.1 Å². The van der Waals surface area contributed by atoms with Crippen LogP contribution in [0.5, 0.6) is 0 Å². The maximum atomic E-state index is 13.7. The van der Waals surface area contributed by atoms with Gasteiger partial charge in [-0.05, 0) is 85.0 Å². The van der Waals surface area contributed by atoms with Gasteiger partial charge in [-0.2, -0.15) is 0 Å². The monoisotopic (exact) mass is 542 g/mol. The van der Waals surface area contributed by atoms with Crippen LogP contribution in [0.25, 0.3) is 33.9 Å². The number of nitrogens with zero attached hydrogens (tertiary/aromatic N) is 3. The number of benzene rings is 4. The van der Waals surface area contributed by atoms with Crippen LogP contribution in [0.15, 0.2) is 108 Å². The van der Waals surface area contributed by atoms with E-state index in [1.54, 1.807) is 0 Å². The summed E-state index contributed by atoms with van der Waals surface area (Å²) in [7, 11) is 4.00. The van der Waals surface area contributed by atoms with Gasteiger partial charge in [0.1, 0.15) is 0 Å². The second-order valence-corrected chi connectivity index (χ2v) is 10.6. The number of oxazole rings is 1. The lowest BCUT2D eigenvalue weighted by Gasteiger charge is -2.28. The summed E-state index contributed by atoms with van der Waals surface area (Å²) in [5, 5.41) is 3.05. The first-order valence-electron chi connectivity index (χ1n) is 14.2. The van der Waals surface area contributed by atoms with Crippen LogP contribution in [0.3, 0.4) is 0 Å². The normalized spacial score (nSPS) is 13.2. The van der Waals surface area contributed by atoms with E-state index in [4.69, 9.17) is 9.40 Å². The number of carbonyl (C=O) groups is 1. The van der Waals surface area contributed by atoms with E-state index in [0.29, 0.717) is 11.7 Å². The third kappa shape index (κ3) is 5.73. The van der Waals surface area contributed by atoms with Crippen LogP contribution in [0.4, 0.5) is 17.1 Å². The van der Waals surface area contributed by atoms with Crippen LogP contribution in [-0.4, -0.2) is 38.1 Å². The van der Waals surface area contributed by atoms with Crippen LogP contribution in [0.2, 0.25) is 0 Å². The van der Waals surface area contributed by atoms with Crippen molar-refractivity contribution in [3.05, 3.63) is 109 Å². The molecular weight excluding hydrogens is 508 g/mol. The molecule has 1 saturated heterocycles. The van der Waals surface area contributed by atoms with Crippen molar-refractivity contribution in [2.24, 2.45) is 0 Å². The second kappa shape index (κ2) is 11.7. The number of carbonyl (C=O) groups excluding carboxylic acids is 1. The van der Waals surface area contributed by atoms with Gasteiger partial charge in [0.25, 0.3) is 5.91 Å². The molecule has 0 saturated carbocycles. The van der Waals surface area contributed by atoms with Gasteiger partial charge in [-0.1, -0.05) is 48.5 Å². The Hall–Kier alpha value is -4.84. The molecule has 1 aromatic heterocycles. The highest BCUT2D eigenvalue weighted by Crippen LogP contribution is 2.36. The van der Waals surface area contributed by atoms with Gasteiger partial charge in [0.15, 0.2) is 11.5 Å². The van der Waals surface area contributed by atoms with E-state index < -0.39 is 0 Å². The summed E-state index contributed by atoms with van der Waals surface area (Å²) in [6.45, 7) is 2.15. The average molecular weight is 543 g/mol. The van der Waals surface area contributed by atoms with E-state index in [9.17, 15) is 4.79 Å². The molecule has 0 aliphatic carbocycles. The van der Waals surface area contributed by atoms with Crippen molar-refractivity contribution in [2.75, 3.05) is 42.3 Å². The predicted octanol–water partition coefficient (Wildman–Crippen LogP) is 7.98. The molecule has 1 aliphatic rings. The quantitative estimate of drug-likeness (QED) is 0.226. The van der Waals surface area contributed by atoms with E-state index in [1.165, 1.54) is 24.9 Å². The van der Waals surface area contributed by atoms with Crippen LogP contribution in [0.1, 0.15) is 29.8 Å². The number of aromatic nitrogens is 1. The van der Waals surface area contributed by atoms with Crippen LogP contribution >= 0.6 is 0 Å². The summed E-state index contributed by atoms with van der Waals surface area (Å²) >= 11 is 0. The molecule has 5 aromatic rings. The van der Waals surface area contributed by atoms with E-state index in [2.05, 4.69) is 34.5 Å². The zero-order valence-corrected chi connectivity index (χ0v) is 23.5. The molecule has 2 heterocycles. The molecule has 6 heteroatoms. The number of anilines is 3. The number of hydrogen-bond donors (Lipinski definition) is 1. The smallest absolute Gasteiger partial charge is 0.278 e. The summed E-state index contributed by atoms with van der Waals surface area (Å²) in [5.74, 6) is 0.534. The standard InChI is InChI=1S/C35H34N4O2/c1-38(2)28-19-15-26(16-20-28)33-32(34(40)36-27-17-21-29(22-18-27)39-23-9-4-10-24-39)37-35(41-33)31-14-8-7-13-30(31)25-11-5-3-6-12-25/h3,5-8,11-22H,4,9-10,23-24H2,1-2H3,(H,36,40). The largest absolute Gasteiger partial charge is 0.435 e. The lowest BCUT2D eigenvalue weighted by Crippen LogP contribution is -2.29. The molecule has 1 amide bonds. The highest BCUT2D eigenvalue weighted by molar-refractivity contribution is 6.07. The molecule has 4 aromatic carbocycles. The first-order chi connectivity index (χ1) is 20.1. The number of rotatable bonds is 7. The fourth-order valence-corrected chi connectivity index (χ4v) is 5.33. The minimum atomic E-state index is -0.311. The van der Waals surface area contributed by atoms with Gasteiger partial charge in [-0.3, -0.25) is 4.79 Å². The predicted molar refractivity (Wildman–Crippen MR) is 168 cm³/mol. The van der Waals surface area contributed by atoms with Crippen molar-refractivity contribution in [1.82, 2.24) is 4.98 Å². The third-order valence-electron chi connectivity index (χ3n) is 7.58. The Balaban J connectivity index is 1.36. The summed E-state index contributed by atoms with van der Waals surface area (Å²) in [5.41, 5.74) is 6.88. The summed E-state index contributed by atoms with van der Waals surface area (Å²) in [6.07, 6.45) is 3.73. The SMILES string of the molecule is CN(C)c1ccc(-c2oc(-c3ccccc3-c3ccccc3)nc2C(=O)Nc2ccc(N3CCCCC3)cc2)cc1. The van der Waals surface area contributed by atoms with Gasteiger partial charge in [0, 0.05) is 55.4 Å². The number of nitrogens with one attached hydrogen (secondary N) is 1. The van der Waals surface area contributed by atoms with E-state index in [1.807, 2.05) is 97.9 Å². The van der Waals surface area contributed by atoms with Crippen LogP contribution in [-0.2, 0) is 0 Å². The second-order valence-electron chi connectivity index (χ2n) is 10.6. The van der Waals surface area contributed by atoms with Gasteiger partial charge >= 0.3 is 0 Å². The molecule has 1 N–H and O–H groups in total. The van der Waals surface area contributed by atoms with Gasteiger partial charge in [-0.25, -0.2) is 4.98 Å². The Bertz CT molecular complexity index is 1620. The Kier molecular flexibility index (Phi) is 7.54. The Morgan fingerprint density at radius 3 is 2.10 bits per heavy atom. The zero-order chi connectivity index (χ0) is 28.2. The topological polar surface area (TPSA) is 61.6 Å². The molecule has 0 atom stereocenters. The molecule has 1 fully saturated rings. The molecule has 1 aliphatic heterocycles. The van der Waals surface area contributed by atoms with Crippen molar-refractivity contribution in [1.29, 1.82) is 0 Å². The first-order valence-corrected chi connectivity index (χ1v) is 14.2. The minimum absolute atomic E-state index is 0.251. The Morgan fingerprint density at radius 2 is 1.41 bits per heavy atom. The summed E-state index contributed by atoms with van der Waals surface area (Å²) < 4.78 is 6.41. The van der Waals surface area contributed by atoms with Crippen molar-refractivity contribution in [3.63, 3.8) is 0 Å². The van der Waals surface area contributed by atoms with E-state index in [-0.39, 0.29) is 11.6 Å². The molecule has 41 heavy (non-hydrogen) atoms. The van der Waals surface area contributed by atoms with E-state index >= 15 is 0 Å². The number of amides is 1. The van der Waals surface area contributed by atoms with Gasteiger partial charge in [-0.15, -0.1) is 0 Å². The molecule has 0 spiro atoms. The Labute approximate surface area is 241 Å². The van der Waals surface area contributed by atoms with Gasteiger partial charge in [0.2, 0.25) is 5.89 Å². The van der Waals surface area contributed by atoms with Gasteiger partial charge < -0.3 is 19.5 Å². The molecular formula is C35H34N4O2. The highest BCUT2D eigenvalue weighted by atomic mass is 16.4. The van der Waals surface area contributed by atoms with E-state index in [0.717, 1.165) is 46.7 Å². The summed E-state index contributed by atoms with van der Waals surface area (Å²) in [4.78, 5) is 22.9. The molecule has 6 nitrogen and oxygen atoms in total. The molecule has 6 rings (SSSR count). The minimum Gasteiger partial charge on any atom is -0.435 e. The van der Waals surface area contributed by atoms with Crippen molar-refractivity contribution in [2.45, 2.75) is 19.3 Å². The maximum absolute atomic E-state index is 13.7. The summed E-state index contributed by atoms with van der Waals surface area (Å²) in [6, 6.07) is 34.1. The number of hydrogen-bond acceptors (Lipinski definition) is 5. The number of piperidine rings is 1. The van der Waals surface area contributed by atoms with Crippen molar-refractivity contribution in [3.8, 4) is 33.9 Å². The lowest BCUT2D eigenvalue weighted by molar-refractivity contribution is 0.102. The molecule has 0 unspecified atom stereocenters. The first kappa shape index (κ1) is 26.4. The Morgan fingerprint density at radius 1 is 0.756 bits per heavy atom. The highest BCUT2D eigenvalue weighted by Gasteiger charge is 2.24. The van der Waals surface area contributed by atoms with Crippen molar-refractivity contribution < 1.29 is 9.21 Å². The molecule has 0 radical (unpaired) electrons. The zero-order valence-electron chi connectivity index (χ0n) is 23.5. The average Bonchev–Trinajstić information content (AvgIpc) is 3.48. The fourth-order valence-electron chi connectivity index (χ4n) is 5.33. The maximum Gasteiger partial charge on any atom is 0.278 e. The molecule has 0 bridgehead atoms.